The molecule has 1 rings (SSSR count). The van der Waals surface area contributed by atoms with Crippen LogP contribution in [-0.2, 0) is 14.4 Å². The Balaban J connectivity index is 2.73. The minimum Gasteiger partial charge on any atom is -0.481 e. The average molecular weight is 278 g/mol. The number of carbonyl (C=O) groups is 3. The van der Waals surface area contributed by atoms with Crippen LogP contribution >= 0.6 is 0 Å². The van der Waals surface area contributed by atoms with Crippen LogP contribution in [0.4, 0.5) is 11.4 Å². The van der Waals surface area contributed by atoms with E-state index >= 15 is 0 Å². The highest BCUT2D eigenvalue weighted by Crippen LogP contribution is 2.20. The molecule has 1 aromatic rings. The Bertz CT molecular complexity index is 526. The van der Waals surface area contributed by atoms with E-state index in [2.05, 4.69) is 10.6 Å². The van der Waals surface area contributed by atoms with Gasteiger partial charge in [0.05, 0.1) is 6.42 Å². The number of benzene rings is 1. The molecule has 3 N–H and O–H groups in total. The summed E-state index contributed by atoms with van der Waals surface area (Å²) in [4.78, 5) is 33.3. The highest BCUT2D eigenvalue weighted by Gasteiger charge is 2.08. The van der Waals surface area contributed by atoms with Crippen LogP contribution in [0.15, 0.2) is 18.2 Å². The van der Waals surface area contributed by atoms with E-state index in [1.165, 1.54) is 0 Å². The zero-order valence-electron chi connectivity index (χ0n) is 11.5. The molecule has 0 aliphatic carbocycles. The zero-order chi connectivity index (χ0) is 15.1. The van der Waals surface area contributed by atoms with Crippen molar-refractivity contribution in [1.82, 2.24) is 0 Å². The summed E-state index contributed by atoms with van der Waals surface area (Å²) in [5.41, 5.74) is 1.99. The Morgan fingerprint density at radius 1 is 1.10 bits per heavy atom. The van der Waals surface area contributed by atoms with Crippen LogP contribution in [0.5, 0.6) is 0 Å². The second-order valence-corrected chi connectivity index (χ2v) is 4.37. The normalized spacial score (nSPS) is 9.90. The van der Waals surface area contributed by atoms with Crippen molar-refractivity contribution < 1.29 is 19.5 Å². The van der Waals surface area contributed by atoms with Crippen LogP contribution in [0.1, 0.15) is 31.7 Å². The number of hydrogen-bond donors (Lipinski definition) is 3. The highest BCUT2D eigenvalue weighted by molar-refractivity contribution is 5.95. The molecular weight excluding hydrogens is 260 g/mol. The molecule has 0 radical (unpaired) electrons. The molecule has 0 fully saturated rings. The van der Waals surface area contributed by atoms with Gasteiger partial charge in [-0.15, -0.1) is 0 Å². The molecule has 108 valence electrons. The number of carboxylic acids is 1. The SMILES string of the molecule is CCC(=O)Nc1ccc(C)c(NC(=O)CCC(=O)O)c1. The Hall–Kier alpha value is -2.37. The number of nitrogens with one attached hydrogen (secondary N) is 2. The molecule has 0 aromatic heterocycles. The number of aryl methyl sites for hydroxylation is 1. The maximum atomic E-state index is 11.6. The van der Waals surface area contributed by atoms with E-state index in [9.17, 15) is 14.4 Å². The molecule has 0 bridgehead atoms. The number of carbonyl (C=O) groups excluding carboxylic acids is 2. The van der Waals surface area contributed by atoms with Crippen molar-refractivity contribution in [3.8, 4) is 0 Å². The van der Waals surface area contributed by atoms with Crippen LogP contribution in [0.3, 0.4) is 0 Å². The molecule has 6 nitrogen and oxygen atoms in total. The molecule has 2 amide bonds. The topological polar surface area (TPSA) is 95.5 Å². The number of anilines is 2. The minimum atomic E-state index is -1.01. The third kappa shape index (κ3) is 5.09. The number of carboxylic acid groups (broad SMARTS) is 1. The molecule has 0 aliphatic heterocycles. The van der Waals surface area contributed by atoms with Gasteiger partial charge in [0.1, 0.15) is 0 Å². The molecule has 1 aromatic carbocycles. The van der Waals surface area contributed by atoms with Gasteiger partial charge in [0.25, 0.3) is 0 Å². The van der Waals surface area contributed by atoms with E-state index in [0.29, 0.717) is 17.8 Å². The molecule has 0 aliphatic rings. The molecule has 6 heteroatoms. The van der Waals surface area contributed by atoms with Crippen molar-refractivity contribution in [2.24, 2.45) is 0 Å². The standard InChI is InChI=1S/C14H18N2O4/c1-3-12(17)15-10-5-4-9(2)11(8-10)16-13(18)6-7-14(19)20/h4-5,8H,3,6-7H2,1-2H3,(H,15,17)(H,16,18)(H,19,20). The molecule has 0 atom stereocenters. The van der Waals surface area contributed by atoms with Crippen molar-refractivity contribution in [3.05, 3.63) is 23.8 Å². The van der Waals surface area contributed by atoms with E-state index < -0.39 is 5.97 Å². The molecular formula is C14H18N2O4. The first-order valence-electron chi connectivity index (χ1n) is 6.34. The Labute approximate surface area is 117 Å². The number of hydrogen-bond acceptors (Lipinski definition) is 3. The van der Waals surface area contributed by atoms with E-state index in [1.54, 1.807) is 25.1 Å². The van der Waals surface area contributed by atoms with Gasteiger partial charge in [-0.2, -0.15) is 0 Å². The summed E-state index contributed by atoms with van der Waals surface area (Å²) in [6, 6.07) is 5.18. The van der Waals surface area contributed by atoms with Crippen LogP contribution in [0.2, 0.25) is 0 Å². The van der Waals surface area contributed by atoms with Gasteiger partial charge in [-0.3, -0.25) is 14.4 Å². The van der Waals surface area contributed by atoms with Gasteiger partial charge in [0.15, 0.2) is 0 Å². The molecule has 0 saturated carbocycles. The maximum absolute atomic E-state index is 11.6. The predicted octanol–water partition coefficient (Wildman–Crippen LogP) is 2.15. The summed E-state index contributed by atoms with van der Waals surface area (Å²) in [6.45, 7) is 3.57. The van der Waals surface area contributed by atoms with Gasteiger partial charge >= 0.3 is 5.97 Å². The van der Waals surface area contributed by atoms with Gasteiger partial charge in [-0.1, -0.05) is 13.0 Å². The van der Waals surface area contributed by atoms with Gasteiger partial charge in [0.2, 0.25) is 11.8 Å². The van der Waals surface area contributed by atoms with Crippen LogP contribution in [0.25, 0.3) is 0 Å². The largest absolute Gasteiger partial charge is 0.481 e. The first kappa shape index (κ1) is 15.7. The summed E-state index contributed by atoms with van der Waals surface area (Å²) in [7, 11) is 0. The second-order valence-electron chi connectivity index (χ2n) is 4.37. The van der Waals surface area contributed by atoms with Crippen molar-refractivity contribution in [2.75, 3.05) is 10.6 Å². The van der Waals surface area contributed by atoms with E-state index in [1.807, 2.05) is 6.92 Å². The van der Waals surface area contributed by atoms with Gasteiger partial charge in [-0.05, 0) is 24.6 Å². The molecule has 0 spiro atoms. The first-order chi connectivity index (χ1) is 9.42. The summed E-state index contributed by atoms with van der Waals surface area (Å²) >= 11 is 0. The quantitative estimate of drug-likeness (QED) is 0.743. The molecule has 0 unspecified atom stereocenters. The summed E-state index contributed by atoms with van der Waals surface area (Å²) in [5, 5.41) is 13.9. The van der Waals surface area contributed by atoms with E-state index in [-0.39, 0.29) is 24.7 Å². The third-order valence-electron chi connectivity index (χ3n) is 2.68. The van der Waals surface area contributed by atoms with E-state index in [4.69, 9.17) is 5.11 Å². The summed E-state index contributed by atoms with van der Waals surface area (Å²) < 4.78 is 0. The lowest BCUT2D eigenvalue weighted by Gasteiger charge is -2.11. The van der Waals surface area contributed by atoms with Gasteiger partial charge in [0, 0.05) is 24.2 Å². The number of amides is 2. The first-order valence-corrected chi connectivity index (χ1v) is 6.34. The van der Waals surface area contributed by atoms with Crippen molar-refractivity contribution in [1.29, 1.82) is 0 Å². The lowest BCUT2D eigenvalue weighted by atomic mass is 10.1. The minimum absolute atomic E-state index is 0.0830. The third-order valence-corrected chi connectivity index (χ3v) is 2.68. The van der Waals surface area contributed by atoms with Crippen molar-refractivity contribution in [2.45, 2.75) is 33.1 Å². The van der Waals surface area contributed by atoms with Crippen LogP contribution in [0, 0.1) is 6.92 Å². The predicted molar refractivity (Wildman–Crippen MR) is 75.6 cm³/mol. The van der Waals surface area contributed by atoms with Crippen molar-refractivity contribution >= 4 is 29.2 Å². The lowest BCUT2D eigenvalue weighted by Crippen LogP contribution is -2.15. The van der Waals surface area contributed by atoms with Crippen LogP contribution < -0.4 is 10.6 Å². The van der Waals surface area contributed by atoms with Crippen LogP contribution in [-0.4, -0.2) is 22.9 Å². The lowest BCUT2D eigenvalue weighted by molar-refractivity contribution is -0.138. The average Bonchev–Trinajstić information content (AvgIpc) is 2.40. The Morgan fingerprint density at radius 3 is 2.40 bits per heavy atom. The van der Waals surface area contributed by atoms with Crippen molar-refractivity contribution in [3.63, 3.8) is 0 Å². The highest BCUT2D eigenvalue weighted by atomic mass is 16.4. The Kier molecular flexibility index (Phi) is 5.71. The fourth-order valence-electron chi connectivity index (χ4n) is 1.52. The zero-order valence-corrected chi connectivity index (χ0v) is 11.5. The summed E-state index contributed by atoms with van der Waals surface area (Å²) in [6.07, 6.45) is 0.0750. The molecule has 0 heterocycles. The fourth-order valence-corrected chi connectivity index (χ4v) is 1.52. The fraction of sp³-hybridized carbons (Fsp3) is 0.357. The molecule has 0 saturated heterocycles. The second kappa shape index (κ2) is 7.28. The van der Waals surface area contributed by atoms with E-state index in [0.717, 1.165) is 5.56 Å². The summed E-state index contributed by atoms with van der Waals surface area (Å²) in [5.74, 6) is -1.49. The molecule has 20 heavy (non-hydrogen) atoms. The smallest absolute Gasteiger partial charge is 0.303 e. The maximum Gasteiger partial charge on any atom is 0.303 e. The number of aliphatic carboxylic acids is 1. The number of rotatable bonds is 6. The Morgan fingerprint density at radius 2 is 1.80 bits per heavy atom. The monoisotopic (exact) mass is 278 g/mol. The van der Waals surface area contributed by atoms with Gasteiger partial charge < -0.3 is 15.7 Å². The van der Waals surface area contributed by atoms with Gasteiger partial charge in [-0.25, -0.2) is 0 Å².